The summed E-state index contributed by atoms with van der Waals surface area (Å²) in [6.07, 6.45) is 0.381. The Morgan fingerprint density at radius 1 is 1.26 bits per heavy atom. The van der Waals surface area contributed by atoms with E-state index in [-0.39, 0.29) is 17.0 Å². The van der Waals surface area contributed by atoms with Crippen molar-refractivity contribution in [2.75, 3.05) is 31.3 Å². The molecule has 6 nitrogen and oxygen atoms in total. The molecule has 0 aliphatic carbocycles. The van der Waals surface area contributed by atoms with Gasteiger partial charge in [0.15, 0.2) is 0 Å². The highest BCUT2D eigenvalue weighted by atomic mass is 32.2. The molecule has 0 saturated carbocycles. The molecule has 19 heavy (non-hydrogen) atoms. The number of anilines is 1. The molecular formula is C12H17NO5S. The fourth-order valence-electron chi connectivity index (χ4n) is 1.47. The van der Waals surface area contributed by atoms with Crippen molar-refractivity contribution in [1.29, 1.82) is 0 Å². The monoisotopic (exact) mass is 287 g/mol. The summed E-state index contributed by atoms with van der Waals surface area (Å²) in [7, 11) is -0.760. The molecule has 7 heteroatoms. The predicted molar refractivity (Wildman–Crippen MR) is 71.7 cm³/mol. The van der Waals surface area contributed by atoms with Crippen LogP contribution in [0.3, 0.4) is 0 Å². The maximum Gasteiger partial charge on any atom is 0.339 e. The molecule has 1 N–H and O–H groups in total. The van der Waals surface area contributed by atoms with E-state index in [1.54, 1.807) is 12.1 Å². The molecule has 0 amide bonds. The highest BCUT2D eigenvalue weighted by Gasteiger charge is 2.16. The van der Waals surface area contributed by atoms with Gasteiger partial charge < -0.3 is 9.47 Å². The van der Waals surface area contributed by atoms with E-state index in [4.69, 9.17) is 4.74 Å². The topological polar surface area (TPSA) is 81.7 Å². The Labute approximate surface area is 112 Å². The molecule has 0 saturated heterocycles. The number of carbonyl (C=O) groups is 1. The lowest BCUT2D eigenvalue weighted by Gasteiger charge is -2.11. The van der Waals surface area contributed by atoms with Crippen LogP contribution in [-0.2, 0) is 19.5 Å². The zero-order valence-electron chi connectivity index (χ0n) is 10.9. The van der Waals surface area contributed by atoms with Crippen molar-refractivity contribution in [1.82, 2.24) is 0 Å². The lowest BCUT2D eigenvalue weighted by Crippen LogP contribution is -2.19. The molecule has 0 heterocycles. The van der Waals surface area contributed by atoms with E-state index in [2.05, 4.69) is 9.46 Å². The van der Waals surface area contributed by atoms with E-state index in [0.29, 0.717) is 13.0 Å². The quantitative estimate of drug-likeness (QED) is 0.603. The van der Waals surface area contributed by atoms with E-state index in [9.17, 15) is 13.2 Å². The molecule has 1 aromatic carbocycles. The minimum Gasteiger partial charge on any atom is -0.465 e. The highest BCUT2D eigenvalue weighted by molar-refractivity contribution is 7.92. The Kier molecular flexibility index (Phi) is 5.78. The molecule has 0 atom stereocenters. The van der Waals surface area contributed by atoms with Crippen LogP contribution >= 0.6 is 0 Å². The summed E-state index contributed by atoms with van der Waals surface area (Å²) in [6.45, 7) is 0.361. The van der Waals surface area contributed by atoms with Gasteiger partial charge in [-0.05, 0) is 18.6 Å². The summed E-state index contributed by atoms with van der Waals surface area (Å²) in [4.78, 5) is 11.5. The van der Waals surface area contributed by atoms with E-state index in [1.807, 2.05) is 0 Å². The molecule has 1 rings (SSSR count). The van der Waals surface area contributed by atoms with Gasteiger partial charge in [0.05, 0.1) is 24.1 Å². The van der Waals surface area contributed by atoms with Gasteiger partial charge in [0.1, 0.15) is 0 Å². The van der Waals surface area contributed by atoms with Crippen LogP contribution in [0.4, 0.5) is 5.69 Å². The van der Waals surface area contributed by atoms with Crippen LogP contribution in [0, 0.1) is 0 Å². The first-order valence-corrected chi connectivity index (χ1v) is 7.32. The standard InChI is InChI=1S/C12H17NO5S/c1-17-8-5-9-19(15,16)13-11-7-4-3-6-10(11)12(14)18-2/h3-4,6-7,13H,5,8-9H2,1-2H3. The van der Waals surface area contributed by atoms with Crippen molar-refractivity contribution < 1.29 is 22.7 Å². The van der Waals surface area contributed by atoms with Crippen LogP contribution in [0.5, 0.6) is 0 Å². The third-order valence-corrected chi connectivity index (χ3v) is 3.72. The van der Waals surface area contributed by atoms with Gasteiger partial charge in [0.25, 0.3) is 0 Å². The number of methoxy groups -OCH3 is 2. The number of carbonyl (C=O) groups excluding carboxylic acids is 1. The number of hydrogen-bond donors (Lipinski definition) is 1. The third kappa shape index (κ3) is 4.88. The SMILES string of the molecule is COCCCS(=O)(=O)Nc1ccccc1C(=O)OC. The summed E-state index contributed by atoms with van der Waals surface area (Å²) in [6, 6.07) is 6.29. The lowest BCUT2D eigenvalue weighted by atomic mass is 10.2. The highest BCUT2D eigenvalue weighted by Crippen LogP contribution is 2.17. The van der Waals surface area contributed by atoms with Crippen LogP contribution in [0.1, 0.15) is 16.8 Å². The van der Waals surface area contributed by atoms with Crippen molar-refractivity contribution >= 4 is 21.7 Å². The van der Waals surface area contributed by atoms with Gasteiger partial charge in [-0.25, -0.2) is 13.2 Å². The molecule has 106 valence electrons. The zero-order valence-corrected chi connectivity index (χ0v) is 11.7. The third-order valence-electron chi connectivity index (χ3n) is 2.36. The summed E-state index contributed by atoms with van der Waals surface area (Å²) >= 11 is 0. The maximum absolute atomic E-state index is 11.8. The van der Waals surface area contributed by atoms with Crippen molar-refractivity contribution in [2.45, 2.75) is 6.42 Å². The fraction of sp³-hybridized carbons (Fsp3) is 0.417. The molecule has 0 aliphatic rings. The average molecular weight is 287 g/mol. The van der Waals surface area contributed by atoms with Crippen molar-refractivity contribution in [3.05, 3.63) is 29.8 Å². The second-order valence-corrected chi connectivity index (χ2v) is 5.65. The smallest absolute Gasteiger partial charge is 0.339 e. The van der Waals surface area contributed by atoms with Crippen LogP contribution in [0.25, 0.3) is 0 Å². The molecule has 0 bridgehead atoms. The van der Waals surface area contributed by atoms with Crippen molar-refractivity contribution in [3.63, 3.8) is 0 Å². The second-order valence-electron chi connectivity index (χ2n) is 3.80. The van der Waals surface area contributed by atoms with Gasteiger partial charge in [0.2, 0.25) is 10.0 Å². The number of benzene rings is 1. The zero-order chi connectivity index (χ0) is 14.3. The summed E-state index contributed by atoms with van der Waals surface area (Å²) in [5, 5.41) is 0. The van der Waals surface area contributed by atoms with Gasteiger partial charge in [-0.2, -0.15) is 0 Å². The summed E-state index contributed by atoms with van der Waals surface area (Å²) < 4.78 is 35.4. The average Bonchev–Trinajstić information content (AvgIpc) is 2.38. The van der Waals surface area contributed by atoms with E-state index >= 15 is 0 Å². The van der Waals surface area contributed by atoms with E-state index in [0.717, 1.165) is 0 Å². The molecule has 0 aromatic heterocycles. The maximum atomic E-state index is 11.8. The first-order chi connectivity index (χ1) is 9.00. The molecule has 0 unspecified atom stereocenters. The Hall–Kier alpha value is -1.60. The van der Waals surface area contributed by atoms with Gasteiger partial charge in [-0.3, -0.25) is 4.72 Å². The molecule has 0 spiro atoms. The van der Waals surface area contributed by atoms with Crippen molar-refractivity contribution in [3.8, 4) is 0 Å². The fourth-order valence-corrected chi connectivity index (χ4v) is 2.58. The number of sulfonamides is 1. The second kappa shape index (κ2) is 7.10. The normalized spacial score (nSPS) is 11.1. The number of para-hydroxylation sites is 1. The Morgan fingerprint density at radius 2 is 1.95 bits per heavy atom. The predicted octanol–water partition coefficient (Wildman–Crippen LogP) is 1.25. The van der Waals surface area contributed by atoms with E-state index < -0.39 is 16.0 Å². The van der Waals surface area contributed by atoms with Crippen LogP contribution < -0.4 is 4.72 Å². The molecule has 0 radical (unpaired) electrons. The lowest BCUT2D eigenvalue weighted by molar-refractivity contribution is 0.0602. The largest absolute Gasteiger partial charge is 0.465 e. The number of nitrogens with one attached hydrogen (secondary N) is 1. The number of esters is 1. The van der Waals surface area contributed by atoms with Crippen LogP contribution in [0.2, 0.25) is 0 Å². The molecule has 0 aliphatic heterocycles. The Bertz CT molecular complexity index is 527. The minimum atomic E-state index is -3.51. The van der Waals surface area contributed by atoms with Gasteiger partial charge >= 0.3 is 5.97 Å². The minimum absolute atomic E-state index is 0.0731. The summed E-state index contributed by atoms with van der Waals surface area (Å²) in [5.74, 6) is -0.661. The number of hydrogen-bond acceptors (Lipinski definition) is 5. The molecular weight excluding hydrogens is 270 g/mol. The van der Waals surface area contributed by atoms with Crippen LogP contribution in [-0.4, -0.2) is 41.0 Å². The summed E-state index contributed by atoms with van der Waals surface area (Å²) in [5.41, 5.74) is 0.395. The number of rotatable bonds is 7. The first kappa shape index (κ1) is 15.5. The van der Waals surface area contributed by atoms with Crippen LogP contribution in [0.15, 0.2) is 24.3 Å². The molecule has 1 aromatic rings. The Balaban J connectivity index is 2.84. The van der Waals surface area contributed by atoms with Gasteiger partial charge in [-0.15, -0.1) is 0 Å². The van der Waals surface area contributed by atoms with Gasteiger partial charge in [0, 0.05) is 13.7 Å². The van der Waals surface area contributed by atoms with Crippen molar-refractivity contribution in [2.24, 2.45) is 0 Å². The number of ether oxygens (including phenoxy) is 2. The van der Waals surface area contributed by atoms with Gasteiger partial charge in [-0.1, -0.05) is 12.1 Å². The van der Waals surface area contributed by atoms with E-state index in [1.165, 1.54) is 26.4 Å². The molecule has 0 fully saturated rings. The Morgan fingerprint density at radius 3 is 2.58 bits per heavy atom. The first-order valence-electron chi connectivity index (χ1n) is 5.67.